The second-order valence-corrected chi connectivity index (χ2v) is 17.4. The van der Waals surface area contributed by atoms with Gasteiger partial charge in [0.05, 0.1) is 10.8 Å². The van der Waals surface area contributed by atoms with Gasteiger partial charge < -0.3 is 4.90 Å². The third kappa shape index (κ3) is 6.00. The van der Waals surface area contributed by atoms with Crippen molar-refractivity contribution in [2.45, 2.75) is 31.6 Å². The first-order valence-corrected chi connectivity index (χ1v) is 23.1. The summed E-state index contributed by atoms with van der Waals surface area (Å²) < 4.78 is 0. The number of anilines is 2. The van der Waals surface area contributed by atoms with Gasteiger partial charge in [0, 0.05) is 22.6 Å². The zero-order chi connectivity index (χ0) is 44.8. The molecule has 66 heavy (non-hydrogen) atoms. The van der Waals surface area contributed by atoms with Crippen LogP contribution in [0.4, 0.5) is 11.4 Å². The third-order valence-corrected chi connectivity index (χ3v) is 14.2. The van der Waals surface area contributed by atoms with Gasteiger partial charge >= 0.3 is 0 Å². The normalized spacial score (nSPS) is 15.7. The van der Waals surface area contributed by atoms with Gasteiger partial charge in [-0.2, -0.15) is 0 Å². The van der Waals surface area contributed by atoms with Gasteiger partial charge in [0.25, 0.3) is 0 Å². The SMILES string of the molecule is C=C(c1ccc2ccccc2c1/C=C\C)N(c1ccc2c(c1)C(C(/C=C\C)=C/C)(c1ccccc1)c1ccccc1-2)c1ccc2c(c1)C(c1ccccc1)(c1ccccc1)c1ccccc1-2. The number of nitrogens with zero attached hydrogens (tertiary/aromatic N) is 1. The van der Waals surface area contributed by atoms with Gasteiger partial charge in [-0.1, -0.05) is 225 Å². The quantitative estimate of drug-likeness (QED) is 0.124. The van der Waals surface area contributed by atoms with Crippen LogP contribution in [0.3, 0.4) is 0 Å². The molecule has 9 aromatic carbocycles. The summed E-state index contributed by atoms with van der Waals surface area (Å²) in [5.74, 6) is 0. The number of hydrogen-bond donors (Lipinski definition) is 0. The first kappa shape index (κ1) is 40.8. The lowest BCUT2D eigenvalue weighted by molar-refractivity contribution is 0.764. The molecule has 0 saturated carbocycles. The predicted molar refractivity (Wildman–Crippen MR) is 280 cm³/mol. The first-order chi connectivity index (χ1) is 32.5. The second kappa shape index (κ2) is 16.5. The maximum Gasteiger partial charge on any atom is 0.0714 e. The summed E-state index contributed by atoms with van der Waals surface area (Å²) in [4.78, 5) is 2.42. The van der Waals surface area contributed by atoms with E-state index in [0.29, 0.717) is 0 Å². The Labute approximate surface area is 389 Å². The summed E-state index contributed by atoms with van der Waals surface area (Å²) >= 11 is 0. The predicted octanol–water partition coefficient (Wildman–Crippen LogP) is 16.9. The van der Waals surface area contributed by atoms with Crippen LogP contribution in [0, 0.1) is 0 Å². The zero-order valence-electron chi connectivity index (χ0n) is 37.7. The maximum atomic E-state index is 5.09. The van der Waals surface area contributed by atoms with Gasteiger partial charge in [-0.05, 0) is 128 Å². The summed E-state index contributed by atoms with van der Waals surface area (Å²) in [6, 6.07) is 78.6. The Kier molecular flexibility index (Phi) is 10.2. The molecular formula is C65H51N. The van der Waals surface area contributed by atoms with Crippen molar-refractivity contribution in [3.8, 4) is 22.3 Å². The van der Waals surface area contributed by atoms with Gasteiger partial charge in [-0.25, -0.2) is 0 Å². The Hall–Kier alpha value is -8.00. The highest BCUT2D eigenvalue weighted by molar-refractivity contribution is 6.00. The van der Waals surface area contributed by atoms with E-state index in [1.54, 1.807) is 0 Å². The van der Waals surface area contributed by atoms with E-state index in [0.717, 1.165) is 28.2 Å². The lowest BCUT2D eigenvalue weighted by Gasteiger charge is -2.36. The number of benzene rings is 9. The van der Waals surface area contributed by atoms with E-state index in [4.69, 9.17) is 6.58 Å². The van der Waals surface area contributed by atoms with Crippen LogP contribution in [-0.2, 0) is 10.8 Å². The molecule has 2 aliphatic rings. The molecule has 0 aliphatic heterocycles. The van der Waals surface area contributed by atoms with E-state index in [1.807, 2.05) is 0 Å². The molecule has 316 valence electrons. The van der Waals surface area contributed by atoms with E-state index >= 15 is 0 Å². The average Bonchev–Trinajstić information content (AvgIpc) is 3.84. The molecular weight excluding hydrogens is 795 g/mol. The minimum Gasteiger partial charge on any atom is -0.310 e. The lowest BCUT2D eigenvalue weighted by Crippen LogP contribution is -2.29. The molecule has 0 radical (unpaired) electrons. The highest BCUT2D eigenvalue weighted by Gasteiger charge is 2.48. The Morgan fingerprint density at radius 2 is 0.970 bits per heavy atom. The summed E-state index contributed by atoms with van der Waals surface area (Å²) in [6.07, 6.45) is 11.2. The minimum absolute atomic E-state index is 0.564. The van der Waals surface area contributed by atoms with E-state index in [-0.39, 0.29) is 0 Å². The van der Waals surface area contributed by atoms with Gasteiger partial charge in [0.1, 0.15) is 0 Å². The van der Waals surface area contributed by atoms with Crippen LogP contribution in [0.5, 0.6) is 0 Å². The fraction of sp³-hybridized carbons (Fsp3) is 0.0769. The fourth-order valence-corrected chi connectivity index (χ4v) is 11.5. The van der Waals surface area contributed by atoms with Crippen molar-refractivity contribution in [2.24, 2.45) is 0 Å². The third-order valence-electron chi connectivity index (χ3n) is 14.2. The molecule has 11 rings (SSSR count). The molecule has 9 aromatic rings. The lowest BCUT2D eigenvalue weighted by atomic mass is 9.67. The van der Waals surface area contributed by atoms with Crippen molar-refractivity contribution in [1.82, 2.24) is 0 Å². The molecule has 0 spiro atoms. The standard InChI is InChI=1S/C65H51N/c1-5-23-47(7-3)64(48-26-11-8-12-27-48)60-35-21-19-33-56(60)58-41-38-51(43-62(58)64)66(45(4)53-40-37-46-25-17-18-32-54(46)55(53)24-6-2)52-39-42-59-57-34-20-22-36-61(57)65(63(59)44-52,49-28-13-9-14-29-49)50-30-15-10-16-31-50/h5-44H,4H2,1-3H3/b23-5-,24-6-,47-7+. The van der Waals surface area contributed by atoms with E-state index in [2.05, 4.69) is 268 Å². The first-order valence-electron chi connectivity index (χ1n) is 23.1. The summed E-state index contributed by atoms with van der Waals surface area (Å²) in [5.41, 5.74) is 19.1. The average molecular weight is 846 g/mol. The summed E-state index contributed by atoms with van der Waals surface area (Å²) in [7, 11) is 0. The second-order valence-electron chi connectivity index (χ2n) is 17.4. The smallest absolute Gasteiger partial charge is 0.0714 e. The summed E-state index contributed by atoms with van der Waals surface area (Å²) in [6.45, 7) is 11.5. The Bertz CT molecular complexity index is 3370. The van der Waals surface area contributed by atoms with Gasteiger partial charge in [0.15, 0.2) is 0 Å². The monoisotopic (exact) mass is 845 g/mol. The van der Waals surface area contributed by atoms with Crippen LogP contribution < -0.4 is 4.90 Å². The molecule has 1 atom stereocenters. The van der Waals surface area contributed by atoms with Crippen molar-refractivity contribution in [3.05, 3.63) is 299 Å². The molecule has 0 N–H and O–H groups in total. The van der Waals surface area contributed by atoms with E-state index in [9.17, 15) is 0 Å². The van der Waals surface area contributed by atoms with Crippen LogP contribution >= 0.6 is 0 Å². The minimum atomic E-state index is -0.564. The largest absolute Gasteiger partial charge is 0.310 e. The van der Waals surface area contributed by atoms with Crippen LogP contribution in [-0.4, -0.2) is 0 Å². The Morgan fingerprint density at radius 3 is 1.59 bits per heavy atom. The maximum absolute atomic E-state index is 5.09. The van der Waals surface area contributed by atoms with Crippen molar-refractivity contribution >= 4 is 33.9 Å². The molecule has 0 amide bonds. The molecule has 1 unspecified atom stereocenters. The zero-order valence-corrected chi connectivity index (χ0v) is 37.7. The number of hydrogen-bond acceptors (Lipinski definition) is 1. The highest BCUT2D eigenvalue weighted by Crippen LogP contribution is 2.60. The van der Waals surface area contributed by atoms with Crippen molar-refractivity contribution in [1.29, 1.82) is 0 Å². The molecule has 0 heterocycles. The van der Waals surface area contributed by atoms with Gasteiger partial charge in [-0.15, -0.1) is 0 Å². The molecule has 0 aromatic heterocycles. The van der Waals surface area contributed by atoms with E-state index in [1.165, 1.54) is 77.5 Å². The van der Waals surface area contributed by atoms with Gasteiger partial charge in [0.2, 0.25) is 0 Å². The molecule has 1 nitrogen and oxygen atoms in total. The molecule has 0 saturated heterocycles. The van der Waals surface area contributed by atoms with Crippen molar-refractivity contribution < 1.29 is 0 Å². The Balaban J connectivity index is 1.22. The van der Waals surface area contributed by atoms with Crippen molar-refractivity contribution in [3.63, 3.8) is 0 Å². The molecule has 0 fully saturated rings. The van der Waals surface area contributed by atoms with Crippen LogP contribution in [0.15, 0.2) is 249 Å². The van der Waals surface area contributed by atoms with E-state index < -0.39 is 10.8 Å². The number of allylic oxidation sites excluding steroid dienone is 5. The topological polar surface area (TPSA) is 3.24 Å². The number of rotatable bonds is 10. The van der Waals surface area contributed by atoms with Crippen molar-refractivity contribution in [2.75, 3.05) is 4.90 Å². The summed E-state index contributed by atoms with van der Waals surface area (Å²) in [5, 5.41) is 2.40. The Morgan fingerprint density at radius 1 is 0.455 bits per heavy atom. The number of fused-ring (bicyclic) bond motifs is 7. The fourth-order valence-electron chi connectivity index (χ4n) is 11.5. The van der Waals surface area contributed by atoms with Crippen LogP contribution in [0.2, 0.25) is 0 Å². The molecule has 1 heteroatoms. The van der Waals surface area contributed by atoms with Gasteiger partial charge in [-0.3, -0.25) is 0 Å². The van der Waals surface area contributed by atoms with Crippen LogP contribution in [0.1, 0.15) is 70.8 Å². The van der Waals surface area contributed by atoms with Crippen LogP contribution in [0.25, 0.3) is 44.8 Å². The molecule has 2 aliphatic carbocycles. The highest BCUT2D eigenvalue weighted by atomic mass is 15.1. The molecule has 0 bridgehead atoms.